The van der Waals surface area contributed by atoms with Crippen molar-refractivity contribution in [3.63, 3.8) is 0 Å². The number of anilines is 1. The predicted molar refractivity (Wildman–Crippen MR) is 75.4 cm³/mol. The van der Waals surface area contributed by atoms with Gasteiger partial charge in [0.25, 0.3) is 0 Å². The van der Waals surface area contributed by atoms with Gasteiger partial charge in [-0.25, -0.2) is 0 Å². The zero-order valence-corrected chi connectivity index (χ0v) is 11.0. The van der Waals surface area contributed by atoms with Crippen LogP contribution in [0.2, 0.25) is 0 Å². The highest BCUT2D eigenvalue weighted by Gasteiger charge is 2.16. The van der Waals surface area contributed by atoms with Crippen LogP contribution in [0.1, 0.15) is 18.9 Å². The maximum absolute atomic E-state index is 5.80. The number of benzene rings is 1. The van der Waals surface area contributed by atoms with E-state index >= 15 is 0 Å². The summed E-state index contributed by atoms with van der Waals surface area (Å²) in [6, 6.07) is 10.2. The molecule has 0 spiro atoms. The molecule has 1 N–H and O–H groups in total. The van der Waals surface area contributed by atoms with Gasteiger partial charge >= 0.3 is 0 Å². The van der Waals surface area contributed by atoms with Crippen molar-refractivity contribution in [2.24, 2.45) is 0 Å². The van der Waals surface area contributed by atoms with Crippen LogP contribution >= 0.6 is 0 Å². The minimum absolute atomic E-state index is 0.785. The Labute approximate surface area is 112 Å². The summed E-state index contributed by atoms with van der Waals surface area (Å²) in [7, 11) is 0. The molecule has 4 heteroatoms. The molecule has 0 unspecified atom stereocenters. The molecule has 4 nitrogen and oxygen atoms in total. The Bertz CT molecular complexity index is 566. The van der Waals surface area contributed by atoms with E-state index in [0.29, 0.717) is 0 Å². The van der Waals surface area contributed by atoms with Gasteiger partial charge in [-0.15, -0.1) is 10.2 Å². The Balaban J connectivity index is 1.97. The van der Waals surface area contributed by atoms with Gasteiger partial charge in [0, 0.05) is 12.1 Å². The fraction of sp³-hybridized carbons (Fsp3) is 0.333. The summed E-state index contributed by atoms with van der Waals surface area (Å²) in [5.41, 5.74) is 3.16. The van der Waals surface area contributed by atoms with Crippen LogP contribution in [0.25, 0.3) is 11.3 Å². The fourth-order valence-electron chi connectivity index (χ4n) is 2.34. The van der Waals surface area contributed by atoms with E-state index in [4.69, 9.17) is 4.74 Å². The molecule has 0 radical (unpaired) electrons. The van der Waals surface area contributed by atoms with Crippen LogP contribution in [-0.2, 0) is 6.42 Å². The van der Waals surface area contributed by atoms with E-state index in [1.54, 1.807) is 0 Å². The zero-order valence-electron chi connectivity index (χ0n) is 11.0. The van der Waals surface area contributed by atoms with Crippen LogP contribution in [-0.4, -0.2) is 23.3 Å². The molecule has 0 bridgehead atoms. The van der Waals surface area contributed by atoms with Gasteiger partial charge in [0.15, 0.2) is 0 Å². The van der Waals surface area contributed by atoms with Crippen molar-refractivity contribution < 1.29 is 4.74 Å². The van der Waals surface area contributed by atoms with E-state index in [9.17, 15) is 0 Å². The van der Waals surface area contributed by atoms with Gasteiger partial charge in [-0.2, -0.15) is 0 Å². The summed E-state index contributed by atoms with van der Waals surface area (Å²) >= 11 is 0. The van der Waals surface area contributed by atoms with Gasteiger partial charge in [0.1, 0.15) is 11.6 Å². The monoisotopic (exact) mass is 255 g/mol. The molecule has 1 aromatic carbocycles. The number of fused-ring (bicyclic) bond motifs is 1. The predicted octanol–water partition coefficient (Wildman–Crippen LogP) is 2.90. The summed E-state index contributed by atoms with van der Waals surface area (Å²) in [6.45, 7) is 3.67. The number of para-hydroxylation sites is 1. The summed E-state index contributed by atoms with van der Waals surface area (Å²) in [5, 5.41) is 11.6. The third-order valence-electron chi connectivity index (χ3n) is 3.23. The minimum Gasteiger partial charge on any atom is -0.493 e. The lowest BCUT2D eigenvalue weighted by Gasteiger charge is -2.19. The Kier molecular flexibility index (Phi) is 3.31. The first-order chi connectivity index (χ1) is 9.38. The highest BCUT2D eigenvalue weighted by Crippen LogP contribution is 2.35. The van der Waals surface area contributed by atoms with Gasteiger partial charge in [-0.1, -0.05) is 12.1 Å². The largest absolute Gasteiger partial charge is 0.493 e. The molecule has 0 fully saturated rings. The maximum atomic E-state index is 5.80. The topological polar surface area (TPSA) is 47.0 Å². The van der Waals surface area contributed by atoms with Crippen LogP contribution < -0.4 is 10.1 Å². The second-order valence-electron chi connectivity index (χ2n) is 4.58. The number of hydrogen-bond acceptors (Lipinski definition) is 4. The first-order valence-corrected chi connectivity index (χ1v) is 6.71. The smallest absolute Gasteiger partial charge is 0.148 e. The average molecular weight is 255 g/mol. The summed E-state index contributed by atoms with van der Waals surface area (Å²) in [5.74, 6) is 1.77. The Morgan fingerprint density at radius 1 is 1.21 bits per heavy atom. The van der Waals surface area contributed by atoms with Gasteiger partial charge in [0.2, 0.25) is 0 Å². The molecule has 1 aliphatic heterocycles. The van der Waals surface area contributed by atoms with Crippen LogP contribution in [0.4, 0.5) is 5.82 Å². The molecular formula is C15H17N3O. The van der Waals surface area contributed by atoms with Crippen molar-refractivity contribution in [1.29, 1.82) is 0 Å². The molecule has 1 aromatic heterocycles. The number of hydrogen-bond donors (Lipinski definition) is 1. The molecule has 98 valence electrons. The quantitative estimate of drug-likeness (QED) is 0.916. The zero-order chi connectivity index (χ0) is 13.1. The van der Waals surface area contributed by atoms with E-state index in [2.05, 4.69) is 27.6 Å². The van der Waals surface area contributed by atoms with Crippen molar-refractivity contribution in [3.05, 3.63) is 35.9 Å². The molecule has 3 rings (SSSR count). The molecule has 2 aromatic rings. The first-order valence-electron chi connectivity index (χ1n) is 6.71. The maximum Gasteiger partial charge on any atom is 0.148 e. The number of aryl methyl sites for hydroxylation is 1. The van der Waals surface area contributed by atoms with E-state index < -0.39 is 0 Å². The lowest BCUT2D eigenvalue weighted by atomic mass is 10.0. The SMILES string of the molecule is CCNc1ccc(-c2cccc3c2OCCC3)nn1. The van der Waals surface area contributed by atoms with E-state index in [0.717, 1.165) is 48.8 Å². The molecule has 0 amide bonds. The Morgan fingerprint density at radius 3 is 2.95 bits per heavy atom. The summed E-state index contributed by atoms with van der Waals surface area (Å²) in [4.78, 5) is 0. The second-order valence-corrected chi connectivity index (χ2v) is 4.58. The molecule has 0 saturated heterocycles. The molecule has 0 atom stereocenters. The molecule has 1 aliphatic rings. The number of nitrogens with zero attached hydrogens (tertiary/aromatic N) is 2. The number of nitrogens with one attached hydrogen (secondary N) is 1. The van der Waals surface area contributed by atoms with Gasteiger partial charge in [0.05, 0.1) is 12.3 Å². The highest BCUT2D eigenvalue weighted by molar-refractivity contribution is 5.69. The van der Waals surface area contributed by atoms with E-state index in [-0.39, 0.29) is 0 Å². The Morgan fingerprint density at radius 2 is 2.16 bits per heavy atom. The number of aromatic nitrogens is 2. The van der Waals surface area contributed by atoms with Gasteiger partial charge in [-0.3, -0.25) is 0 Å². The standard InChI is InChI=1S/C15H17N3O/c1-2-16-14-9-8-13(17-18-14)12-7-3-5-11-6-4-10-19-15(11)12/h3,5,7-9H,2,4,6,10H2,1H3,(H,16,18). The Hall–Kier alpha value is -2.10. The summed E-state index contributed by atoms with van der Waals surface area (Å²) in [6.07, 6.45) is 2.16. The summed E-state index contributed by atoms with van der Waals surface area (Å²) < 4.78 is 5.80. The fourth-order valence-corrected chi connectivity index (χ4v) is 2.34. The molecule has 19 heavy (non-hydrogen) atoms. The van der Waals surface area contributed by atoms with Crippen LogP contribution in [0, 0.1) is 0 Å². The molecule has 0 saturated carbocycles. The molecule has 0 aliphatic carbocycles. The van der Waals surface area contributed by atoms with Gasteiger partial charge < -0.3 is 10.1 Å². The van der Waals surface area contributed by atoms with Crippen molar-refractivity contribution in [1.82, 2.24) is 10.2 Å². The number of rotatable bonds is 3. The minimum atomic E-state index is 0.785. The van der Waals surface area contributed by atoms with Crippen LogP contribution in [0.5, 0.6) is 5.75 Å². The lowest BCUT2D eigenvalue weighted by molar-refractivity contribution is 0.289. The van der Waals surface area contributed by atoms with E-state index in [1.807, 2.05) is 25.1 Å². The van der Waals surface area contributed by atoms with Crippen molar-refractivity contribution in [2.75, 3.05) is 18.5 Å². The van der Waals surface area contributed by atoms with Crippen molar-refractivity contribution in [2.45, 2.75) is 19.8 Å². The van der Waals surface area contributed by atoms with Crippen molar-refractivity contribution >= 4 is 5.82 Å². The van der Waals surface area contributed by atoms with Crippen LogP contribution in [0.3, 0.4) is 0 Å². The number of ether oxygens (including phenoxy) is 1. The third-order valence-corrected chi connectivity index (χ3v) is 3.23. The highest BCUT2D eigenvalue weighted by atomic mass is 16.5. The molecular weight excluding hydrogens is 238 g/mol. The average Bonchev–Trinajstić information content (AvgIpc) is 2.48. The normalized spacial score (nSPS) is 13.5. The van der Waals surface area contributed by atoms with E-state index in [1.165, 1.54) is 5.56 Å². The molecule has 2 heterocycles. The van der Waals surface area contributed by atoms with Gasteiger partial charge in [-0.05, 0) is 43.5 Å². The lowest BCUT2D eigenvalue weighted by Crippen LogP contribution is -2.09. The van der Waals surface area contributed by atoms with Crippen molar-refractivity contribution in [3.8, 4) is 17.0 Å². The first kappa shape index (κ1) is 12.0. The second kappa shape index (κ2) is 5.26. The third kappa shape index (κ3) is 2.38. The van der Waals surface area contributed by atoms with Crippen LogP contribution in [0.15, 0.2) is 30.3 Å².